The van der Waals surface area contributed by atoms with Crippen LogP contribution in [0.2, 0.25) is 0 Å². The zero-order chi connectivity index (χ0) is 18.0. The second-order valence-corrected chi connectivity index (χ2v) is 7.02. The van der Waals surface area contributed by atoms with E-state index in [-0.39, 0.29) is 37.1 Å². The highest BCUT2D eigenvalue weighted by atomic mass is 32.2. The first-order valence-corrected chi connectivity index (χ1v) is 8.65. The Hall–Kier alpha value is -2.17. The van der Waals surface area contributed by atoms with E-state index in [1.807, 2.05) is 0 Å². The van der Waals surface area contributed by atoms with Crippen molar-refractivity contribution < 1.29 is 19.6 Å². The third kappa shape index (κ3) is 3.91. The van der Waals surface area contributed by atoms with E-state index in [1.165, 1.54) is 11.0 Å². The second kappa shape index (κ2) is 7.38. The lowest BCUT2D eigenvalue weighted by atomic mass is 10.1. The van der Waals surface area contributed by atoms with Gasteiger partial charge in [0.25, 0.3) is 5.69 Å². The molecule has 0 spiro atoms. The van der Waals surface area contributed by atoms with E-state index in [0.29, 0.717) is 17.7 Å². The molecular weight excluding hydrogens is 348 g/mol. The van der Waals surface area contributed by atoms with Crippen LogP contribution in [0.5, 0.6) is 0 Å². The number of nitro groups is 1. The van der Waals surface area contributed by atoms with E-state index < -0.39 is 17.2 Å². The van der Waals surface area contributed by atoms with E-state index in [9.17, 15) is 24.8 Å². The zero-order valence-corrected chi connectivity index (χ0v) is 14.1. The van der Waals surface area contributed by atoms with Crippen LogP contribution in [0.3, 0.4) is 0 Å². The second-order valence-electron chi connectivity index (χ2n) is 5.93. The maximum absolute atomic E-state index is 12.2. The molecule has 134 valence electrons. The lowest BCUT2D eigenvalue weighted by molar-refractivity contribution is -0.387. The standard InChI is InChI=1S/C15H18N4O5S/c20-10-5-6-14(17-9-13(21)16-7-15(17)22)18(8-10)25-12-4-2-1-3-11(12)19(23)24/h1-4,10,14,20H,5-9H2,(H,16,21). The van der Waals surface area contributed by atoms with E-state index in [4.69, 9.17) is 0 Å². The molecule has 25 heavy (non-hydrogen) atoms. The smallest absolute Gasteiger partial charge is 0.284 e. The highest BCUT2D eigenvalue weighted by molar-refractivity contribution is 7.97. The first-order chi connectivity index (χ1) is 12.0. The number of rotatable bonds is 4. The Morgan fingerprint density at radius 1 is 1.28 bits per heavy atom. The number of nitro benzene ring substituents is 1. The van der Waals surface area contributed by atoms with Crippen LogP contribution in [0.4, 0.5) is 5.69 Å². The largest absolute Gasteiger partial charge is 0.392 e. The molecule has 2 fully saturated rings. The molecule has 2 atom stereocenters. The number of carbonyl (C=O) groups excluding carboxylic acids is 2. The number of nitrogens with one attached hydrogen (secondary N) is 1. The number of nitrogens with zero attached hydrogens (tertiary/aromatic N) is 3. The summed E-state index contributed by atoms with van der Waals surface area (Å²) in [6.45, 7) is 0.155. The molecule has 3 rings (SSSR count). The van der Waals surface area contributed by atoms with Gasteiger partial charge in [-0.3, -0.25) is 19.7 Å². The normalized spacial score (nSPS) is 24.9. The number of carbonyl (C=O) groups is 2. The van der Waals surface area contributed by atoms with Gasteiger partial charge >= 0.3 is 0 Å². The Bertz CT molecular complexity index is 700. The van der Waals surface area contributed by atoms with Crippen LogP contribution in [0.25, 0.3) is 0 Å². The summed E-state index contributed by atoms with van der Waals surface area (Å²) in [6.07, 6.45) is 0.0182. The number of piperazine rings is 1. The quantitative estimate of drug-likeness (QED) is 0.448. The van der Waals surface area contributed by atoms with Crippen molar-refractivity contribution in [1.29, 1.82) is 0 Å². The molecule has 2 amide bonds. The van der Waals surface area contributed by atoms with Gasteiger partial charge in [-0.25, -0.2) is 4.31 Å². The Kier molecular flexibility index (Phi) is 5.21. The molecule has 1 aromatic rings. The van der Waals surface area contributed by atoms with Crippen LogP contribution in [0, 0.1) is 10.1 Å². The van der Waals surface area contributed by atoms with Crippen molar-refractivity contribution >= 4 is 29.4 Å². The molecule has 2 N–H and O–H groups in total. The maximum atomic E-state index is 12.2. The number of β-amino-alcohol motifs (C(OH)–C–C–N with tert-alkyl or cyclic N) is 1. The number of piperidine rings is 1. The molecule has 0 radical (unpaired) electrons. The van der Waals surface area contributed by atoms with Crippen LogP contribution >= 0.6 is 11.9 Å². The number of para-hydroxylation sites is 1. The van der Waals surface area contributed by atoms with Crippen LogP contribution in [0.1, 0.15) is 12.8 Å². The highest BCUT2D eigenvalue weighted by Crippen LogP contribution is 2.36. The first kappa shape index (κ1) is 17.6. The Morgan fingerprint density at radius 3 is 2.80 bits per heavy atom. The molecule has 0 aliphatic carbocycles. The fourth-order valence-electron chi connectivity index (χ4n) is 2.97. The minimum absolute atomic E-state index is 0.0333. The summed E-state index contributed by atoms with van der Waals surface area (Å²) in [5.74, 6) is -0.435. The number of amides is 2. The van der Waals surface area contributed by atoms with Gasteiger partial charge in [0.15, 0.2) is 0 Å². The summed E-state index contributed by atoms with van der Waals surface area (Å²) in [5, 5.41) is 23.7. The summed E-state index contributed by atoms with van der Waals surface area (Å²) >= 11 is 1.13. The number of aliphatic hydroxyl groups is 1. The molecule has 2 aliphatic rings. The van der Waals surface area contributed by atoms with Gasteiger partial charge in [-0.1, -0.05) is 12.1 Å². The summed E-state index contributed by atoms with van der Waals surface area (Å²) in [7, 11) is 0. The molecular formula is C15H18N4O5S. The monoisotopic (exact) mass is 366 g/mol. The van der Waals surface area contributed by atoms with E-state index in [0.717, 1.165) is 11.9 Å². The lowest BCUT2D eigenvalue weighted by Gasteiger charge is -2.43. The molecule has 2 aliphatic heterocycles. The number of hydrogen-bond donors (Lipinski definition) is 2. The van der Waals surface area contributed by atoms with Crippen LogP contribution in [-0.4, -0.2) is 63.0 Å². The van der Waals surface area contributed by atoms with Crippen molar-refractivity contribution in [2.45, 2.75) is 30.0 Å². The van der Waals surface area contributed by atoms with E-state index >= 15 is 0 Å². The van der Waals surface area contributed by atoms with E-state index in [1.54, 1.807) is 22.5 Å². The molecule has 0 bridgehead atoms. The Morgan fingerprint density at radius 2 is 2.04 bits per heavy atom. The number of benzene rings is 1. The van der Waals surface area contributed by atoms with Crippen molar-refractivity contribution in [2.75, 3.05) is 19.6 Å². The minimum atomic E-state index is -0.583. The lowest BCUT2D eigenvalue weighted by Crippen LogP contribution is -2.60. The predicted molar refractivity (Wildman–Crippen MR) is 89.4 cm³/mol. The fourth-order valence-corrected chi connectivity index (χ4v) is 4.19. The van der Waals surface area contributed by atoms with Gasteiger partial charge in [-0.2, -0.15) is 0 Å². The van der Waals surface area contributed by atoms with Gasteiger partial charge < -0.3 is 15.3 Å². The summed E-state index contributed by atoms with van der Waals surface area (Å²) in [4.78, 5) is 36.5. The van der Waals surface area contributed by atoms with Crippen LogP contribution in [-0.2, 0) is 9.59 Å². The zero-order valence-electron chi connectivity index (χ0n) is 13.3. The topological polar surface area (TPSA) is 116 Å². The Labute approximate surface area is 148 Å². The molecule has 1 aromatic carbocycles. The van der Waals surface area contributed by atoms with Crippen LogP contribution in [0.15, 0.2) is 29.2 Å². The van der Waals surface area contributed by atoms with Crippen molar-refractivity contribution in [3.8, 4) is 0 Å². The average molecular weight is 366 g/mol. The third-order valence-electron chi connectivity index (χ3n) is 4.19. The molecule has 2 heterocycles. The van der Waals surface area contributed by atoms with Crippen molar-refractivity contribution in [1.82, 2.24) is 14.5 Å². The summed E-state index contributed by atoms with van der Waals surface area (Å²) in [6, 6.07) is 6.33. The first-order valence-electron chi connectivity index (χ1n) is 7.88. The summed E-state index contributed by atoms with van der Waals surface area (Å²) in [5.41, 5.74) is -0.0333. The van der Waals surface area contributed by atoms with Crippen molar-refractivity contribution in [3.63, 3.8) is 0 Å². The third-order valence-corrected chi connectivity index (χ3v) is 5.36. The molecule has 0 aromatic heterocycles. The predicted octanol–water partition coefficient (Wildman–Crippen LogP) is 0.343. The number of aliphatic hydroxyl groups excluding tert-OH is 1. The molecule has 2 unspecified atom stereocenters. The van der Waals surface area contributed by atoms with Gasteiger partial charge in [0, 0.05) is 12.6 Å². The fraction of sp³-hybridized carbons (Fsp3) is 0.467. The van der Waals surface area contributed by atoms with Gasteiger partial charge in [0.2, 0.25) is 11.8 Å². The van der Waals surface area contributed by atoms with Gasteiger partial charge in [-0.05, 0) is 30.9 Å². The summed E-state index contributed by atoms with van der Waals surface area (Å²) < 4.78 is 1.76. The molecule has 2 saturated heterocycles. The van der Waals surface area contributed by atoms with Crippen LogP contribution < -0.4 is 5.32 Å². The molecule has 10 heteroatoms. The van der Waals surface area contributed by atoms with Gasteiger partial charge in [-0.15, -0.1) is 0 Å². The Balaban J connectivity index is 1.84. The minimum Gasteiger partial charge on any atom is -0.392 e. The maximum Gasteiger partial charge on any atom is 0.284 e. The average Bonchev–Trinajstić information content (AvgIpc) is 2.58. The van der Waals surface area contributed by atoms with Gasteiger partial charge in [0.05, 0.1) is 23.7 Å². The molecule has 9 nitrogen and oxygen atoms in total. The number of hydrogen-bond acceptors (Lipinski definition) is 7. The van der Waals surface area contributed by atoms with Crippen molar-refractivity contribution in [2.24, 2.45) is 0 Å². The van der Waals surface area contributed by atoms with E-state index in [2.05, 4.69) is 5.32 Å². The van der Waals surface area contributed by atoms with Gasteiger partial charge in [0.1, 0.15) is 11.4 Å². The SMILES string of the molecule is O=C1CN(C2CCC(O)CN2Sc2ccccc2[N+](=O)[O-])C(=O)CN1. The van der Waals surface area contributed by atoms with Crippen molar-refractivity contribution in [3.05, 3.63) is 34.4 Å². The molecule has 0 saturated carbocycles. The highest BCUT2D eigenvalue weighted by Gasteiger charge is 2.38.